The molecular weight excluding hydrogens is 676 g/mol. The van der Waals surface area contributed by atoms with E-state index >= 15 is 0 Å². The summed E-state index contributed by atoms with van der Waals surface area (Å²) in [5, 5.41) is 13.1. The lowest BCUT2D eigenvalue weighted by molar-refractivity contribution is -0.0115. The zero-order valence-electron chi connectivity index (χ0n) is 30.1. The number of aliphatic hydroxyl groups excluding tert-OH is 1. The summed E-state index contributed by atoms with van der Waals surface area (Å²) in [5.41, 5.74) is 0.933. The van der Waals surface area contributed by atoms with Gasteiger partial charge in [-0.25, -0.2) is 13.2 Å². The summed E-state index contributed by atoms with van der Waals surface area (Å²) in [4.78, 5) is 30.7. The van der Waals surface area contributed by atoms with E-state index in [4.69, 9.17) is 18.9 Å². The normalized spacial score (nSPS) is 19.5. The first kappa shape index (κ1) is 39.3. The number of carbonyl (C=O) groups is 2. The smallest absolute Gasteiger partial charge is 0.321 e. The van der Waals surface area contributed by atoms with Gasteiger partial charge in [-0.2, -0.15) is 0 Å². The Morgan fingerprint density at radius 3 is 2.25 bits per heavy atom. The molecule has 0 spiro atoms. The lowest BCUT2D eigenvalue weighted by Gasteiger charge is -2.35. The Labute approximate surface area is 300 Å². The average molecular weight is 727 g/mol. The molecule has 0 aromatic heterocycles. The summed E-state index contributed by atoms with van der Waals surface area (Å²) < 4.78 is 52.1. The Kier molecular flexibility index (Phi) is 13.9. The molecule has 0 fully saturated rings. The van der Waals surface area contributed by atoms with E-state index in [2.05, 4.69) is 10.0 Å². The second-order valence-corrected chi connectivity index (χ2v) is 14.5. The van der Waals surface area contributed by atoms with Crippen molar-refractivity contribution < 1.29 is 42.1 Å². The maximum atomic E-state index is 14.4. The molecule has 1 aliphatic heterocycles. The van der Waals surface area contributed by atoms with Crippen LogP contribution < -0.4 is 24.2 Å². The van der Waals surface area contributed by atoms with E-state index in [1.54, 1.807) is 79.4 Å². The number of nitrogens with one attached hydrogen (secondary N) is 2. The van der Waals surface area contributed by atoms with Gasteiger partial charge in [0.25, 0.3) is 15.9 Å². The number of amides is 3. The number of carbonyl (C=O) groups excluding carboxylic acids is 2. The Balaban J connectivity index is 1.61. The van der Waals surface area contributed by atoms with Crippen LogP contribution in [0.4, 0.5) is 16.2 Å². The molecule has 13 nitrogen and oxygen atoms in total. The topological polar surface area (TPSA) is 156 Å². The predicted molar refractivity (Wildman–Crippen MR) is 195 cm³/mol. The van der Waals surface area contributed by atoms with Crippen LogP contribution in [0.2, 0.25) is 0 Å². The van der Waals surface area contributed by atoms with E-state index in [0.717, 1.165) is 12.8 Å². The third-order valence-electron chi connectivity index (χ3n) is 8.82. The van der Waals surface area contributed by atoms with Crippen LogP contribution in [-0.4, -0.2) is 101 Å². The molecule has 3 aromatic rings. The SMILES string of the molecule is COc1ccc(NC(=O)N(C)C[C@@H]2OCCCC[C@@H](C)Oc3ccc(NS(=O)(=O)c4ccc(OC)cc4)cc3C(=O)N([C@H](C)CO)C[C@H]2C)cc1. The summed E-state index contributed by atoms with van der Waals surface area (Å²) in [5.74, 6) is 0.775. The molecular formula is C37H50N4O9S. The highest BCUT2D eigenvalue weighted by atomic mass is 32.2. The number of anilines is 2. The monoisotopic (exact) mass is 726 g/mol. The highest BCUT2D eigenvalue weighted by Crippen LogP contribution is 2.30. The van der Waals surface area contributed by atoms with Crippen LogP contribution in [0.5, 0.6) is 17.2 Å². The molecule has 14 heteroatoms. The van der Waals surface area contributed by atoms with Gasteiger partial charge in [-0.05, 0) is 99.8 Å². The fourth-order valence-corrected chi connectivity index (χ4v) is 6.71. The van der Waals surface area contributed by atoms with Crippen LogP contribution in [0.1, 0.15) is 50.4 Å². The molecule has 4 rings (SSSR count). The molecule has 0 aliphatic carbocycles. The number of fused-ring (bicyclic) bond motifs is 1. The molecule has 3 aromatic carbocycles. The Bertz CT molecular complexity index is 1700. The molecule has 4 atom stereocenters. The molecule has 3 N–H and O–H groups in total. The van der Waals surface area contributed by atoms with Crippen molar-refractivity contribution >= 4 is 33.3 Å². The predicted octanol–water partition coefficient (Wildman–Crippen LogP) is 5.46. The van der Waals surface area contributed by atoms with Gasteiger partial charge in [-0.3, -0.25) is 9.52 Å². The first-order valence-electron chi connectivity index (χ1n) is 17.0. The van der Waals surface area contributed by atoms with Crippen molar-refractivity contribution in [3.63, 3.8) is 0 Å². The number of sulfonamides is 1. The van der Waals surface area contributed by atoms with Gasteiger partial charge in [-0.15, -0.1) is 0 Å². The summed E-state index contributed by atoms with van der Waals surface area (Å²) in [6.07, 6.45) is 1.54. The largest absolute Gasteiger partial charge is 0.497 e. The lowest BCUT2D eigenvalue weighted by atomic mass is 10.0. The van der Waals surface area contributed by atoms with E-state index < -0.39 is 28.1 Å². The maximum Gasteiger partial charge on any atom is 0.321 e. The van der Waals surface area contributed by atoms with Gasteiger partial charge in [0.1, 0.15) is 17.2 Å². The first-order chi connectivity index (χ1) is 24.3. The van der Waals surface area contributed by atoms with Gasteiger partial charge in [0, 0.05) is 44.0 Å². The standard InChI is InChI=1S/C37H50N4O9S/c1-25-22-41(26(2)24-42)36(43)33-21-29(39-51(45,46)32-17-15-31(48-6)16-18-32)12-19-34(33)50-27(3)9-7-8-20-49-35(25)23-40(4)37(44)38-28-10-13-30(47-5)14-11-28/h10-19,21,25-27,35,39,42H,7-9,20,22-24H2,1-6H3,(H,38,44)/t25-,26-,27-,35+/m1/s1. The van der Waals surface area contributed by atoms with Crippen molar-refractivity contribution in [2.75, 3.05) is 57.6 Å². The Morgan fingerprint density at radius 2 is 1.63 bits per heavy atom. The van der Waals surface area contributed by atoms with Gasteiger partial charge in [0.05, 0.1) is 49.5 Å². The van der Waals surface area contributed by atoms with E-state index in [1.165, 1.54) is 25.3 Å². The van der Waals surface area contributed by atoms with Crippen LogP contribution in [0, 0.1) is 5.92 Å². The fraction of sp³-hybridized carbons (Fsp3) is 0.459. The molecule has 0 saturated carbocycles. The van der Waals surface area contributed by atoms with Crippen LogP contribution in [0.25, 0.3) is 0 Å². The second kappa shape index (κ2) is 18.1. The van der Waals surface area contributed by atoms with Crippen molar-refractivity contribution in [3.05, 3.63) is 72.3 Å². The van der Waals surface area contributed by atoms with Gasteiger partial charge in [0.15, 0.2) is 0 Å². The number of aliphatic hydroxyl groups is 1. The Morgan fingerprint density at radius 1 is 1.00 bits per heavy atom. The van der Waals surface area contributed by atoms with Crippen LogP contribution in [0.15, 0.2) is 71.6 Å². The van der Waals surface area contributed by atoms with Crippen molar-refractivity contribution in [1.82, 2.24) is 9.80 Å². The minimum Gasteiger partial charge on any atom is -0.497 e. The van der Waals surface area contributed by atoms with Crippen molar-refractivity contribution in [1.29, 1.82) is 0 Å². The third kappa shape index (κ3) is 10.7. The van der Waals surface area contributed by atoms with E-state index in [0.29, 0.717) is 36.0 Å². The zero-order valence-corrected chi connectivity index (χ0v) is 30.9. The highest BCUT2D eigenvalue weighted by molar-refractivity contribution is 7.92. The number of urea groups is 1. The van der Waals surface area contributed by atoms with Crippen LogP contribution in [-0.2, 0) is 14.8 Å². The molecule has 0 unspecified atom stereocenters. The van der Waals surface area contributed by atoms with Crippen molar-refractivity contribution in [2.24, 2.45) is 5.92 Å². The molecule has 3 amide bonds. The molecule has 51 heavy (non-hydrogen) atoms. The second-order valence-electron chi connectivity index (χ2n) is 12.8. The van der Waals surface area contributed by atoms with Gasteiger partial charge in [0.2, 0.25) is 0 Å². The number of benzene rings is 3. The molecule has 0 bridgehead atoms. The number of rotatable bonds is 10. The van der Waals surface area contributed by atoms with Crippen molar-refractivity contribution in [3.8, 4) is 17.2 Å². The summed E-state index contributed by atoms with van der Waals surface area (Å²) in [7, 11) is 0.746. The van der Waals surface area contributed by atoms with Crippen LogP contribution in [0.3, 0.4) is 0 Å². The van der Waals surface area contributed by atoms with Gasteiger partial charge >= 0.3 is 6.03 Å². The van der Waals surface area contributed by atoms with E-state index in [1.807, 2.05) is 13.8 Å². The number of nitrogens with zero attached hydrogens (tertiary/aromatic N) is 2. The Hall–Kier alpha value is -4.53. The van der Waals surface area contributed by atoms with E-state index in [-0.39, 0.29) is 53.9 Å². The maximum absolute atomic E-state index is 14.4. The van der Waals surface area contributed by atoms with Gasteiger partial charge < -0.3 is 39.2 Å². The molecule has 1 aliphatic rings. The zero-order chi connectivity index (χ0) is 37.1. The minimum atomic E-state index is -4.01. The van der Waals surface area contributed by atoms with Crippen LogP contribution >= 0.6 is 0 Å². The number of hydrogen-bond acceptors (Lipinski definition) is 9. The number of methoxy groups -OCH3 is 2. The first-order valence-corrected chi connectivity index (χ1v) is 18.5. The number of likely N-dealkylation sites (N-methyl/N-ethyl adjacent to an activating group) is 1. The molecule has 278 valence electrons. The number of hydrogen-bond donors (Lipinski definition) is 3. The summed E-state index contributed by atoms with van der Waals surface area (Å²) >= 11 is 0. The molecule has 0 radical (unpaired) electrons. The average Bonchev–Trinajstić information content (AvgIpc) is 3.12. The van der Waals surface area contributed by atoms with E-state index in [9.17, 15) is 23.1 Å². The highest BCUT2D eigenvalue weighted by Gasteiger charge is 2.31. The third-order valence-corrected chi connectivity index (χ3v) is 10.2. The summed E-state index contributed by atoms with van der Waals surface area (Å²) in [6, 6.07) is 16.7. The number of ether oxygens (including phenoxy) is 4. The summed E-state index contributed by atoms with van der Waals surface area (Å²) in [6.45, 7) is 6.14. The fourth-order valence-electron chi connectivity index (χ4n) is 5.66. The lowest BCUT2D eigenvalue weighted by Crippen LogP contribution is -2.48. The molecule has 0 saturated heterocycles. The molecule has 1 heterocycles. The quantitative estimate of drug-likeness (QED) is 0.247. The van der Waals surface area contributed by atoms with Crippen molar-refractivity contribution in [2.45, 2.75) is 63.2 Å². The van der Waals surface area contributed by atoms with Gasteiger partial charge in [-0.1, -0.05) is 6.92 Å². The minimum absolute atomic E-state index is 0.0256.